The van der Waals surface area contributed by atoms with Gasteiger partial charge in [-0.15, -0.1) is 5.10 Å². The molecule has 1 unspecified atom stereocenters. The topological polar surface area (TPSA) is 126 Å². The van der Waals surface area contributed by atoms with E-state index in [9.17, 15) is 9.59 Å². The molecule has 12 heteroatoms. The summed E-state index contributed by atoms with van der Waals surface area (Å²) in [5.41, 5.74) is 4.10. The van der Waals surface area contributed by atoms with Gasteiger partial charge in [-0.05, 0) is 60.0 Å². The van der Waals surface area contributed by atoms with Crippen LogP contribution >= 0.6 is 0 Å². The maximum atomic E-state index is 14.5. The molecule has 2 amide bonds. The zero-order valence-corrected chi connectivity index (χ0v) is 25.9. The third-order valence-corrected chi connectivity index (χ3v) is 7.83. The molecule has 46 heavy (non-hydrogen) atoms. The summed E-state index contributed by atoms with van der Waals surface area (Å²) >= 11 is 0. The van der Waals surface area contributed by atoms with Crippen LogP contribution in [0.3, 0.4) is 0 Å². The van der Waals surface area contributed by atoms with Crippen LogP contribution in [-0.2, 0) is 22.7 Å². The van der Waals surface area contributed by atoms with E-state index in [0.717, 1.165) is 11.1 Å². The first kappa shape index (κ1) is 30.3. The first-order chi connectivity index (χ1) is 22.4. The first-order valence-corrected chi connectivity index (χ1v) is 14.5. The van der Waals surface area contributed by atoms with Crippen LogP contribution in [-0.4, -0.2) is 59.8 Å². The molecule has 0 fully saturated rings. The Hall–Kier alpha value is -5.78. The number of aromatic nitrogens is 3. The normalized spacial score (nSPS) is 12.4. The largest absolute Gasteiger partial charge is 0.493 e. The number of amides is 2. The Bertz CT molecular complexity index is 1880. The number of carbonyl (C=O) groups excluding carboxylic acids is 2. The van der Waals surface area contributed by atoms with Crippen molar-refractivity contribution in [3.05, 3.63) is 95.6 Å². The van der Waals surface area contributed by atoms with E-state index in [-0.39, 0.29) is 25.8 Å². The second kappa shape index (κ2) is 13.1. The number of nitrogens with one attached hydrogen (secondary N) is 1. The van der Waals surface area contributed by atoms with Crippen molar-refractivity contribution in [2.24, 2.45) is 0 Å². The van der Waals surface area contributed by atoms with Crippen molar-refractivity contribution in [1.29, 1.82) is 0 Å². The monoisotopic (exact) mass is 623 g/mol. The molecule has 6 rings (SSSR count). The van der Waals surface area contributed by atoms with Gasteiger partial charge in [0.25, 0.3) is 5.91 Å². The van der Waals surface area contributed by atoms with Gasteiger partial charge >= 0.3 is 0 Å². The summed E-state index contributed by atoms with van der Waals surface area (Å²) in [6, 6.07) is 22.4. The van der Waals surface area contributed by atoms with Gasteiger partial charge in [-0.25, -0.2) is 4.68 Å². The summed E-state index contributed by atoms with van der Waals surface area (Å²) in [6.07, 6.45) is 0. The molecule has 0 radical (unpaired) electrons. The molecule has 1 aromatic heterocycles. The van der Waals surface area contributed by atoms with Gasteiger partial charge in [0.15, 0.2) is 23.0 Å². The van der Waals surface area contributed by atoms with Crippen LogP contribution in [0.15, 0.2) is 78.9 Å². The van der Waals surface area contributed by atoms with Crippen LogP contribution in [0.5, 0.6) is 28.7 Å². The Kier molecular flexibility index (Phi) is 8.59. The molecular formula is C34H33N5O7. The van der Waals surface area contributed by atoms with Crippen molar-refractivity contribution in [2.45, 2.75) is 26.1 Å². The number of anilines is 1. The van der Waals surface area contributed by atoms with Crippen molar-refractivity contribution in [1.82, 2.24) is 19.9 Å². The standard InChI is InChI=1S/C34H33N5O7/c1-21-9-5-6-10-22(21)18-38(31(40)19-39-26-12-8-7-11-25(26)36-37-39)32(23-15-29(42-2)33(44-4)30(16-23)43-3)34(41)35-24-13-14-27-28(17-24)46-20-45-27/h5-17,32H,18-20H2,1-4H3,(H,35,41). The summed E-state index contributed by atoms with van der Waals surface area (Å²) < 4.78 is 29.3. The smallest absolute Gasteiger partial charge is 0.251 e. The minimum atomic E-state index is -1.15. The van der Waals surface area contributed by atoms with Gasteiger partial charge < -0.3 is 33.9 Å². The highest BCUT2D eigenvalue weighted by Crippen LogP contribution is 2.42. The van der Waals surface area contributed by atoms with E-state index in [1.165, 1.54) is 30.9 Å². The number of carbonyl (C=O) groups is 2. The number of fused-ring (bicyclic) bond motifs is 2. The number of aryl methyl sites for hydroxylation is 1. The molecule has 0 bridgehead atoms. The van der Waals surface area contributed by atoms with Crippen molar-refractivity contribution < 1.29 is 33.3 Å². The Morgan fingerprint density at radius 1 is 0.913 bits per heavy atom. The van der Waals surface area contributed by atoms with Gasteiger partial charge in [0, 0.05) is 18.3 Å². The number of benzene rings is 4. The van der Waals surface area contributed by atoms with Crippen LogP contribution in [0.25, 0.3) is 11.0 Å². The molecule has 2 heterocycles. The average molecular weight is 624 g/mol. The lowest BCUT2D eigenvalue weighted by atomic mass is 10.00. The van der Waals surface area contributed by atoms with Crippen molar-refractivity contribution >= 4 is 28.5 Å². The Morgan fingerprint density at radius 3 is 2.37 bits per heavy atom. The molecule has 1 N–H and O–H groups in total. The summed E-state index contributed by atoms with van der Waals surface area (Å²) in [5.74, 6) is 1.28. The summed E-state index contributed by atoms with van der Waals surface area (Å²) in [6.45, 7) is 2.01. The minimum Gasteiger partial charge on any atom is -0.493 e. The molecule has 5 aromatic rings. The number of ether oxygens (including phenoxy) is 5. The Labute approximate surface area is 265 Å². The lowest BCUT2D eigenvalue weighted by molar-refractivity contribution is -0.140. The highest BCUT2D eigenvalue weighted by molar-refractivity contribution is 5.98. The highest BCUT2D eigenvalue weighted by Gasteiger charge is 2.34. The van der Waals surface area contributed by atoms with Crippen LogP contribution in [0, 0.1) is 6.92 Å². The van der Waals surface area contributed by atoms with Gasteiger partial charge in [0.05, 0.1) is 26.8 Å². The minimum absolute atomic E-state index is 0.0937. The number of hydrogen-bond acceptors (Lipinski definition) is 9. The SMILES string of the molecule is COc1cc(C(C(=O)Nc2ccc3c(c2)OCO3)N(Cc2ccccc2C)C(=O)Cn2nnc3ccccc32)cc(OC)c1OC. The molecule has 0 saturated carbocycles. The van der Waals surface area contributed by atoms with Crippen LogP contribution in [0.2, 0.25) is 0 Å². The third-order valence-electron chi connectivity index (χ3n) is 7.83. The van der Waals surface area contributed by atoms with Gasteiger partial charge in [-0.2, -0.15) is 0 Å². The maximum Gasteiger partial charge on any atom is 0.251 e. The molecule has 1 aliphatic heterocycles. The quantitative estimate of drug-likeness (QED) is 0.219. The molecular weight excluding hydrogens is 590 g/mol. The van der Waals surface area contributed by atoms with E-state index in [1.54, 1.807) is 30.3 Å². The Balaban J connectivity index is 1.47. The van der Waals surface area contributed by atoms with Gasteiger partial charge in [0.2, 0.25) is 18.4 Å². The number of rotatable bonds is 11. The van der Waals surface area contributed by atoms with E-state index < -0.39 is 11.9 Å². The zero-order chi connectivity index (χ0) is 32.2. The zero-order valence-electron chi connectivity index (χ0n) is 25.9. The predicted octanol–water partition coefficient (Wildman–Crippen LogP) is 4.90. The van der Waals surface area contributed by atoms with Crippen LogP contribution < -0.4 is 29.0 Å². The van der Waals surface area contributed by atoms with Gasteiger partial charge in [-0.3, -0.25) is 9.59 Å². The maximum absolute atomic E-state index is 14.5. The fraction of sp³-hybridized carbons (Fsp3) is 0.235. The molecule has 12 nitrogen and oxygen atoms in total. The first-order valence-electron chi connectivity index (χ1n) is 14.5. The molecule has 4 aromatic carbocycles. The molecule has 0 aliphatic carbocycles. The molecule has 1 atom stereocenters. The fourth-order valence-corrected chi connectivity index (χ4v) is 5.46. The van der Waals surface area contributed by atoms with E-state index in [0.29, 0.717) is 51.0 Å². The van der Waals surface area contributed by atoms with Gasteiger partial charge in [0.1, 0.15) is 18.1 Å². The highest BCUT2D eigenvalue weighted by atomic mass is 16.7. The molecule has 236 valence electrons. The lowest BCUT2D eigenvalue weighted by Gasteiger charge is -2.32. The number of methoxy groups -OCH3 is 3. The lowest BCUT2D eigenvalue weighted by Crippen LogP contribution is -2.42. The summed E-state index contributed by atoms with van der Waals surface area (Å²) in [5, 5.41) is 11.4. The van der Waals surface area contributed by atoms with E-state index in [2.05, 4.69) is 15.6 Å². The van der Waals surface area contributed by atoms with E-state index in [4.69, 9.17) is 23.7 Å². The second-order valence-electron chi connectivity index (χ2n) is 10.6. The van der Waals surface area contributed by atoms with Crippen molar-refractivity contribution in [3.8, 4) is 28.7 Å². The predicted molar refractivity (Wildman–Crippen MR) is 169 cm³/mol. The fourth-order valence-electron chi connectivity index (χ4n) is 5.46. The summed E-state index contributed by atoms with van der Waals surface area (Å²) in [7, 11) is 4.49. The third kappa shape index (κ3) is 5.96. The number of para-hydroxylation sites is 1. The second-order valence-corrected chi connectivity index (χ2v) is 10.6. The van der Waals surface area contributed by atoms with Crippen LogP contribution in [0.4, 0.5) is 5.69 Å². The number of hydrogen-bond donors (Lipinski definition) is 1. The van der Waals surface area contributed by atoms with Gasteiger partial charge in [-0.1, -0.05) is 41.6 Å². The molecule has 1 aliphatic rings. The van der Waals surface area contributed by atoms with Crippen molar-refractivity contribution in [2.75, 3.05) is 33.4 Å². The van der Waals surface area contributed by atoms with E-state index >= 15 is 0 Å². The Morgan fingerprint density at radius 2 is 1.63 bits per heavy atom. The van der Waals surface area contributed by atoms with Crippen molar-refractivity contribution in [3.63, 3.8) is 0 Å². The summed E-state index contributed by atoms with van der Waals surface area (Å²) in [4.78, 5) is 30.5. The average Bonchev–Trinajstić information content (AvgIpc) is 3.71. The van der Waals surface area contributed by atoms with Crippen LogP contribution in [0.1, 0.15) is 22.7 Å². The van der Waals surface area contributed by atoms with E-state index in [1.807, 2.05) is 55.5 Å². The molecule has 0 saturated heterocycles. The number of nitrogens with zero attached hydrogens (tertiary/aromatic N) is 4. The molecule has 0 spiro atoms.